The maximum Gasteiger partial charge on any atom is 0.0923 e. The Bertz CT molecular complexity index is 396. The summed E-state index contributed by atoms with van der Waals surface area (Å²) in [5.74, 6) is 0. The summed E-state index contributed by atoms with van der Waals surface area (Å²) < 4.78 is 0. The minimum Gasteiger partial charge on any atom is -0.383 e. The first-order valence-corrected chi connectivity index (χ1v) is 5.37. The first kappa shape index (κ1) is 10.7. The second kappa shape index (κ2) is 5.32. The molecule has 1 unspecified atom stereocenters. The third-order valence-corrected chi connectivity index (χ3v) is 2.37. The predicted molar refractivity (Wildman–Crippen MR) is 65.2 cm³/mol. The zero-order valence-corrected chi connectivity index (χ0v) is 9.06. The number of aromatic amines is 1. The van der Waals surface area contributed by atoms with E-state index in [1.54, 1.807) is 6.33 Å². The summed E-state index contributed by atoms with van der Waals surface area (Å²) in [6, 6.07) is 10.1. The molecule has 0 amide bonds. The van der Waals surface area contributed by atoms with Crippen LogP contribution in [0.1, 0.15) is 5.69 Å². The molecule has 0 bridgehead atoms. The summed E-state index contributed by atoms with van der Waals surface area (Å²) in [6.07, 6.45) is 4.33. The topological polar surface area (TPSA) is 66.7 Å². The van der Waals surface area contributed by atoms with Gasteiger partial charge in [0.15, 0.2) is 0 Å². The third kappa shape index (κ3) is 3.10. The van der Waals surface area contributed by atoms with E-state index in [2.05, 4.69) is 15.3 Å². The number of nitrogens with two attached hydrogens (primary N) is 1. The number of H-pyrrole nitrogens is 1. The second-order valence-electron chi connectivity index (χ2n) is 3.77. The minimum absolute atomic E-state index is 0.0727. The highest BCUT2D eigenvalue weighted by Gasteiger charge is 2.04. The molecule has 84 valence electrons. The summed E-state index contributed by atoms with van der Waals surface area (Å²) in [5.41, 5.74) is 8.10. The van der Waals surface area contributed by atoms with Crippen LogP contribution in [0.2, 0.25) is 0 Å². The minimum atomic E-state index is 0.0727. The monoisotopic (exact) mass is 216 g/mol. The lowest BCUT2D eigenvalue weighted by Gasteiger charge is -2.12. The lowest BCUT2D eigenvalue weighted by molar-refractivity contribution is 0.689. The number of benzene rings is 1. The highest BCUT2D eigenvalue weighted by Crippen LogP contribution is 2.05. The summed E-state index contributed by atoms with van der Waals surface area (Å²) in [5, 5.41) is 3.29. The van der Waals surface area contributed by atoms with Crippen molar-refractivity contribution in [2.75, 3.05) is 11.9 Å². The molecule has 0 aliphatic heterocycles. The molecule has 2 aromatic rings. The molecule has 4 nitrogen and oxygen atoms in total. The second-order valence-corrected chi connectivity index (χ2v) is 3.77. The largest absolute Gasteiger partial charge is 0.383 e. The quantitative estimate of drug-likeness (QED) is 0.707. The molecule has 0 saturated heterocycles. The van der Waals surface area contributed by atoms with Crippen LogP contribution in [0.5, 0.6) is 0 Å². The Morgan fingerprint density at radius 2 is 2.12 bits per heavy atom. The first-order valence-electron chi connectivity index (χ1n) is 5.37. The Hall–Kier alpha value is -1.81. The molecule has 0 aliphatic carbocycles. The first-order chi connectivity index (χ1) is 7.84. The summed E-state index contributed by atoms with van der Waals surface area (Å²) in [6.45, 7) is 0.747. The Morgan fingerprint density at radius 1 is 1.31 bits per heavy atom. The van der Waals surface area contributed by atoms with Crippen molar-refractivity contribution in [3.05, 3.63) is 48.5 Å². The maximum absolute atomic E-state index is 6.00. The van der Waals surface area contributed by atoms with Gasteiger partial charge < -0.3 is 16.0 Å². The number of hydrogen-bond donors (Lipinski definition) is 3. The SMILES string of the molecule is NC(CNc1ccccc1)Cc1c[nH]cn1. The van der Waals surface area contributed by atoms with Gasteiger partial charge in [-0.3, -0.25) is 0 Å². The molecule has 0 saturated carbocycles. The summed E-state index contributed by atoms with van der Waals surface area (Å²) in [4.78, 5) is 7.07. The van der Waals surface area contributed by atoms with Crippen LogP contribution in [0.25, 0.3) is 0 Å². The van der Waals surface area contributed by atoms with Crippen molar-refractivity contribution in [2.24, 2.45) is 5.73 Å². The van der Waals surface area contributed by atoms with Gasteiger partial charge in [-0.15, -0.1) is 0 Å². The van der Waals surface area contributed by atoms with Crippen molar-refractivity contribution in [1.29, 1.82) is 0 Å². The number of nitrogens with one attached hydrogen (secondary N) is 2. The average molecular weight is 216 g/mol. The van der Waals surface area contributed by atoms with Crippen LogP contribution in [0.4, 0.5) is 5.69 Å². The maximum atomic E-state index is 6.00. The molecule has 0 radical (unpaired) electrons. The van der Waals surface area contributed by atoms with E-state index in [1.165, 1.54) is 0 Å². The van der Waals surface area contributed by atoms with Crippen LogP contribution in [0.3, 0.4) is 0 Å². The molecule has 1 aromatic carbocycles. The molecular formula is C12H16N4. The van der Waals surface area contributed by atoms with Crippen molar-refractivity contribution in [2.45, 2.75) is 12.5 Å². The van der Waals surface area contributed by atoms with Gasteiger partial charge in [0.25, 0.3) is 0 Å². The van der Waals surface area contributed by atoms with Crippen molar-refractivity contribution < 1.29 is 0 Å². The Balaban J connectivity index is 1.78. The van der Waals surface area contributed by atoms with Gasteiger partial charge in [-0.2, -0.15) is 0 Å². The van der Waals surface area contributed by atoms with E-state index in [9.17, 15) is 0 Å². The fraction of sp³-hybridized carbons (Fsp3) is 0.250. The number of imidazole rings is 1. The van der Waals surface area contributed by atoms with E-state index in [4.69, 9.17) is 5.73 Å². The van der Waals surface area contributed by atoms with E-state index in [0.29, 0.717) is 0 Å². The Morgan fingerprint density at radius 3 is 2.81 bits per heavy atom. The smallest absolute Gasteiger partial charge is 0.0923 e. The normalized spacial score (nSPS) is 12.3. The van der Waals surface area contributed by atoms with E-state index < -0.39 is 0 Å². The van der Waals surface area contributed by atoms with E-state index in [-0.39, 0.29) is 6.04 Å². The molecule has 1 heterocycles. The molecule has 2 rings (SSSR count). The fourth-order valence-corrected chi connectivity index (χ4v) is 1.55. The standard InChI is InChI=1S/C12H16N4/c13-10(6-12-8-14-9-16-12)7-15-11-4-2-1-3-5-11/h1-5,8-10,15H,6-7,13H2,(H,14,16). The molecule has 4 N–H and O–H groups in total. The highest BCUT2D eigenvalue weighted by atomic mass is 14.9. The number of nitrogens with zero attached hydrogens (tertiary/aromatic N) is 1. The number of anilines is 1. The van der Waals surface area contributed by atoms with Crippen LogP contribution < -0.4 is 11.1 Å². The van der Waals surface area contributed by atoms with Gasteiger partial charge in [0.2, 0.25) is 0 Å². The fourth-order valence-electron chi connectivity index (χ4n) is 1.55. The van der Waals surface area contributed by atoms with Crippen molar-refractivity contribution >= 4 is 5.69 Å². The zero-order valence-electron chi connectivity index (χ0n) is 9.06. The molecule has 1 atom stereocenters. The van der Waals surface area contributed by atoms with Crippen LogP contribution in [-0.2, 0) is 6.42 Å². The lowest BCUT2D eigenvalue weighted by Crippen LogP contribution is -2.31. The molecular weight excluding hydrogens is 200 g/mol. The van der Waals surface area contributed by atoms with Crippen molar-refractivity contribution in [3.8, 4) is 0 Å². The highest BCUT2D eigenvalue weighted by molar-refractivity contribution is 5.42. The molecule has 1 aromatic heterocycles. The van der Waals surface area contributed by atoms with Gasteiger partial charge in [0.05, 0.1) is 12.0 Å². The van der Waals surface area contributed by atoms with Crippen molar-refractivity contribution in [1.82, 2.24) is 9.97 Å². The van der Waals surface area contributed by atoms with Gasteiger partial charge >= 0.3 is 0 Å². The summed E-state index contributed by atoms with van der Waals surface area (Å²) in [7, 11) is 0. The van der Waals surface area contributed by atoms with Crippen LogP contribution >= 0.6 is 0 Å². The third-order valence-electron chi connectivity index (χ3n) is 2.37. The summed E-state index contributed by atoms with van der Waals surface area (Å²) >= 11 is 0. The lowest BCUT2D eigenvalue weighted by atomic mass is 10.2. The Labute approximate surface area is 94.9 Å². The van der Waals surface area contributed by atoms with E-state index in [1.807, 2.05) is 36.5 Å². The van der Waals surface area contributed by atoms with Gasteiger partial charge in [-0.05, 0) is 12.1 Å². The zero-order chi connectivity index (χ0) is 11.2. The van der Waals surface area contributed by atoms with Gasteiger partial charge in [0.1, 0.15) is 0 Å². The number of aromatic nitrogens is 2. The van der Waals surface area contributed by atoms with Crippen molar-refractivity contribution in [3.63, 3.8) is 0 Å². The molecule has 16 heavy (non-hydrogen) atoms. The number of para-hydroxylation sites is 1. The molecule has 0 spiro atoms. The molecule has 4 heteroatoms. The number of hydrogen-bond acceptors (Lipinski definition) is 3. The molecule has 0 aliphatic rings. The van der Waals surface area contributed by atoms with Gasteiger partial charge in [0, 0.05) is 30.9 Å². The van der Waals surface area contributed by atoms with Crippen LogP contribution in [0.15, 0.2) is 42.9 Å². The van der Waals surface area contributed by atoms with Crippen LogP contribution in [-0.4, -0.2) is 22.6 Å². The van der Waals surface area contributed by atoms with Crippen LogP contribution in [0, 0.1) is 0 Å². The molecule has 0 fully saturated rings. The average Bonchev–Trinajstić information content (AvgIpc) is 2.81. The Kier molecular flexibility index (Phi) is 3.56. The van der Waals surface area contributed by atoms with Gasteiger partial charge in [-0.1, -0.05) is 18.2 Å². The predicted octanol–water partition coefficient (Wildman–Crippen LogP) is 1.39. The van der Waals surface area contributed by atoms with Gasteiger partial charge in [-0.25, -0.2) is 4.98 Å². The number of rotatable bonds is 5. The van der Waals surface area contributed by atoms with E-state index in [0.717, 1.165) is 24.3 Å². The van der Waals surface area contributed by atoms with E-state index >= 15 is 0 Å².